The third-order valence-electron chi connectivity index (χ3n) is 5.48. The average Bonchev–Trinajstić information content (AvgIpc) is 2.86. The molecule has 0 atom stereocenters. The van der Waals surface area contributed by atoms with Crippen LogP contribution in [-0.2, 0) is 17.8 Å². The van der Waals surface area contributed by atoms with Crippen LogP contribution in [0.4, 0.5) is 5.69 Å². The van der Waals surface area contributed by atoms with Gasteiger partial charge in [0.1, 0.15) is 18.1 Å². The number of anilines is 1. The summed E-state index contributed by atoms with van der Waals surface area (Å²) in [5, 5.41) is 4.26. The van der Waals surface area contributed by atoms with E-state index in [0.717, 1.165) is 43.3 Å². The van der Waals surface area contributed by atoms with Crippen molar-refractivity contribution in [1.82, 2.24) is 14.7 Å². The van der Waals surface area contributed by atoms with Gasteiger partial charge in [0, 0.05) is 38.4 Å². The number of rotatable bonds is 8. The van der Waals surface area contributed by atoms with Crippen LogP contribution in [0, 0.1) is 0 Å². The van der Waals surface area contributed by atoms with Gasteiger partial charge < -0.3 is 19.3 Å². The Hall–Kier alpha value is -3.65. The molecule has 2 aromatic carbocycles. The van der Waals surface area contributed by atoms with E-state index in [0.29, 0.717) is 6.54 Å². The predicted octanol–water partition coefficient (Wildman–Crippen LogP) is 2.43. The first-order valence-electron chi connectivity index (χ1n) is 11.0. The van der Waals surface area contributed by atoms with Gasteiger partial charge in [0.05, 0.1) is 19.8 Å². The van der Waals surface area contributed by atoms with Gasteiger partial charge in [-0.3, -0.25) is 9.59 Å². The monoisotopic (exact) mass is 448 g/mol. The van der Waals surface area contributed by atoms with Gasteiger partial charge in [-0.2, -0.15) is 5.10 Å². The van der Waals surface area contributed by atoms with E-state index in [1.807, 2.05) is 42.5 Å². The summed E-state index contributed by atoms with van der Waals surface area (Å²) in [6, 6.07) is 20.4. The van der Waals surface area contributed by atoms with Gasteiger partial charge in [0.2, 0.25) is 0 Å². The van der Waals surface area contributed by atoms with Crippen molar-refractivity contribution in [2.75, 3.05) is 44.9 Å². The van der Waals surface area contributed by atoms with Crippen molar-refractivity contribution in [3.63, 3.8) is 0 Å². The maximum Gasteiger partial charge on any atom is 0.274 e. The number of carbonyl (C=O) groups excluding carboxylic acids is 1. The third kappa shape index (κ3) is 5.98. The fourth-order valence-electron chi connectivity index (χ4n) is 3.66. The summed E-state index contributed by atoms with van der Waals surface area (Å²) >= 11 is 0. The molecule has 0 unspecified atom stereocenters. The minimum atomic E-state index is -0.274. The van der Waals surface area contributed by atoms with E-state index in [1.165, 1.54) is 16.8 Å². The first-order chi connectivity index (χ1) is 16.1. The fraction of sp³-hybridized carbons (Fsp3) is 0.320. The molecule has 172 valence electrons. The molecule has 1 fully saturated rings. The highest BCUT2D eigenvalue weighted by Crippen LogP contribution is 2.17. The number of carbonyl (C=O) groups is 1. The van der Waals surface area contributed by atoms with Crippen molar-refractivity contribution in [3.05, 3.63) is 88.3 Å². The molecule has 0 aliphatic carbocycles. The number of hydrogen-bond acceptors (Lipinski definition) is 6. The van der Waals surface area contributed by atoms with Gasteiger partial charge in [0.15, 0.2) is 0 Å². The molecule has 1 aromatic heterocycles. The molecule has 0 N–H and O–H groups in total. The number of amides is 1. The standard InChI is InChI=1S/C25H28N4O4/c1-27(19-20-7-9-21(10-8-20)28-13-16-32-17-14-28)25(31)23-11-12-24(30)29(26-23)15-18-33-22-5-3-2-4-6-22/h2-12H,13-19H2,1H3. The maximum absolute atomic E-state index is 12.9. The Morgan fingerprint density at radius 3 is 2.48 bits per heavy atom. The van der Waals surface area contributed by atoms with E-state index in [9.17, 15) is 9.59 Å². The quantitative estimate of drug-likeness (QED) is 0.527. The Labute approximate surface area is 193 Å². The van der Waals surface area contributed by atoms with Crippen LogP contribution < -0.4 is 15.2 Å². The van der Waals surface area contributed by atoms with E-state index in [4.69, 9.17) is 9.47 Å². The summed E-state index contributed by atoms with van der Waals surface area (Å²) in [6.07, 6.45) is 0. The Kier molecular flexibility index (Phi) is 7.36. The minimum Gasteiger partial charge on any atom is -0.492 e. The first kappa shape index (κ1) is 22.5. The summed E-state index contributed by atoms with van der Waals surface area (Å²) in [4.78, 5) is 29.0. The van der Waals surface area contributed by atoms with Crippen LogP contribution in [0.5, 0.6) is 5.75 Å². The number of morpholine rings is 1. The largest absolute Gasteiger partial charge is 0.492 e. The van der Waals surface area contributed by atoms with E-state index in [-0.39, 0.29) is 30.3 Å². The predicted molar refractivity (Wildman–Crippen MR) is 126 cm³/mol. The Bertz CT molecular complexity index is 1110. The third-order valence-corrected chi connectivity index (χ3v) is 5.48. The topological polar surface area (TPSA) is 76.9 Å². The zero-order chi connectivity index (χ0) is 23.0. The smallest absolute Gasteiger partial charge is 0.274 e. The minimum absolute atomic E-state index is 0.224. The van der Waals surface area contributed by atoms with Gasteiger partial charge in [-0.05, 0) is 35.9 Å². The van der Waals surface area contributed by atoms with Crippen molar-refractivity contribution >= 4 is 11.6 Å². The van der Waals surface area contributed by atoms with E-state index >= 15 is 0 Å². The molecule has 4 rings (SSSR count). The molecule has 1 saturated heterocycles. The lowest BCUT2D eigenvalue weighted by Crippen LogP contribution is -2.36. The number of nitrogens with zero attached hydrogens (tertiary/aromatic N) is 4. The van der Waals surface area contributed by atoms with E-state index in [2.05, 4.69) is 22.1 Å². The molecule has 1 aliphatic rings. The van der Waals surface area contributed by atoms with Crippen molar-refractivity contribution < 1.29 is 14.3 Å². The average molecular weight is 449 g/mol. The highest BCUT2D eigenvalue weighted by Gasteiger charge is 2.16. The van der Waals surface area contributed by atoms with Crippen LogP contribution in [0.1, 0.15) is 16.1 Å². The Balaban J connectivity index is 1.35. The zero-order valence-electron chi connectivity index (χ0n) is 18.7. The van der Waals surface area contributed by atoms with Gasteiger partial charge in [0.25, 0.3) is 11.5 Å². The molecule has 0 bridgehead atoms. The summed E-state index contributed by atoms with van der Waals surface area (Å²) in [6.45, 7) is 4.23. The van der Waals surface area contributed by atoms with E-state index in [1.54, 1.807) is 11.9 Å². The molecule has 8 nitrogen and oxygen atoms in total. The molecule has 8 heteroatoms. The molecule has 1 aliphatic heterocycles. The molecule has 0 radical (unpaired) electrons. The SMILES string of the molecule is CN(Cc1ccc(N2CCOCC2)cc1)C(=O)c1ccc(=O)n(CCOc2ccccc2)n1. The van der Waals surface area contributed by atoms with Crippen molar-refractivity contribution in [2.45, 2.75) is 13.1 Å². The van der Waals surface area contributed by atoms with E-state index < -0.39 is 0 Å². The second-order valence-electron chi connectivity index (χ2n) is 7.87. The summed E-state index contributed by atoms with van der Waals surface area (Å²) in [5.74, 6) is 0.474. The number of benzene rings is 2. The Morgan fingerprint density at radius 1 is 1.03 bits per heavy atom. The molecule has 2 heterocycles. The molecule has 0 spiro atoms. The lowest BCUT2D eigenvalue weighted by atomic mass is 10.1. The van der Waals surface area contributed by atoms with Crippen LogP contribution >= 0.6 is 0 Å². The molecular formula is C25H28N4O4. The van der Waals surface area contributed by atoms with Crippen LogP contribution in [0.3, 0.4) is 0 Å². The molecular weight excluding hydrogens is 420 g/mol. The second kappa shape index (κ2) is 10.8. The van der Waals surface area contributed by atoms with Gasteiger partial charge in [-0.1, -0.05) is 30.3 Å². The van der Waals surface area contributed by atoms with Crippen molar-refractivity contribution in [3.8, 4) is 5.75 Å². The lowest BCUT2D eigenvalue weighted by molar-refractivity contribution is 0.0776. The molecule has 33 heavy (non-hydrogen) atoms. The summed E-state index contributed by atoms with van der Waals surface area (Å²) < 4.78 is 12.3. The fourth-order valence-corrected chi connectivity index (χ4v) is 3.66. The second-order valence-corrected chi connectivity index (χ2v) is 7.87. The van der Waals surface area contributed by atoms with Crippen LogP contribution in [-0.4, -0.2) is 60.5 Å². The molecule has 3 aromatic rings. The van der Waals surface area contributed by atoms with Crippen LogP contribution in [0.15, 0.2) is 71.5 Å². The maximum atomic E-state index is 12.9. The molecule has 0 saturated carbocycles. The van der Waals surface area contributed by atoms with Gasteiger partial charge in [-0.15, -0.1) is 0 Å². The van der Waals surface area contributed by atoms with Crippen LogP contribution in [0.2, 0.25) is 0 Å². The number of ether oxygens (including phenoxy) is 2. The highest BCUT2D eigenvalue weighted by molar-refractivity contribution is 5.91. The summed E-state index contributed by atoms with van der Waals surface area (Å²) in [7, 11) is 1.73. The van der Waals surface area contributed by atoms with Gasteiger partial charge >= 0.3 is 0 Å². The lowest BCUT2D eigenvalue weighted by Gasteiger charge is -2.29. The molecule has 1 amide bonds. The number of aromatic nitrogens is 2. The first-order valence-corrected chi connectivity index (χ1v) is 11.0. The number of para-hydroxylation sites is 1. The zero-order valence-corrected chi connectivity index (χ0v) is 18.7. The highest BCUT2D eigenvalue weighted by atomic mass is 16.5. The van der Waals surface area contributed by atoms with Crippen molar-refractivity contribution in [2.24, 2.45) is 0 Å². The van der Waals surface area contributed by atoms with Crippen LogP contribution in [0.25, 0.3) is 0 Å². The summed E-state index contributed by atoms with van der Waals surface area (Å²) in [5.41, 5.74) is 2.13. The normalized spacial score (nSPS) is 13.5. The van der Waals surface area contributed by atoms with Gasteiger partial charge in [-0.25, -0.2) is 4.68 Å². The number of hydrogen-bond donors (Lipinski definition) is 0. The van der Waals surface area contributed by atoms with Crippen molar-refractivity contribution in [1.29, 1.82) is 0 Å². The Morgan fingerprint density at radius 2 is 1.76 bits per heavy atom.